The largest absolute Gasteiger partial charge is 0.394 e. The van der Waals surface area contributed by atoms with Gasteiger partial charge in [-0.2, -0.15) is 5.26 Å². The molecule has 0 aromatic rings. The van der Waals surface area contributed by atoms with Gasteiger partial charge in [0.05, 0.1) is 12.6 Å². The minimum atomic E-state index is -1.35. The van der Waals surface area contributed by atoms with E-state index in [1.165, 1.54) is 0 Å². The van der Waals surface area contributed by atoms with Gasteiger partial charge in [-0.25, -0.2) is 4.79 Å². The Hall–Kier alpha value is -0.810. The first-order valence-electron chi connectivity index (χ1n) is 4.73. The number of aliphatic hydroxyl groups is 4. The molecule has 0 unspecified atom stereocenters. The van der Waals surface area contributed by atoms with Crippen molar-refractivity contribution in [1.29, 1.82) is 0 Å². The van der Waals surface area contributed by atoms with Crippen LogP contribution in [0.15, 0.2) is 0 Å². The van der Waals surface area contributed by atoms with Crippen LogP contribution in [-0.4, -0.2) is 68.9 Å². The summed E-state index contributed by atoms with van der Waals surface area (Å²) in [5.74, 6) is -0.690. The Kier molecular flexibility index (Phi) is 7.15. The Morgan fingerprint density at radius 1 is 1.35 bits per heavy atom. The topological polar surface area (TPSA) is 163 Å². The lowest BCUT2D eigenvalue weighted by atomic mass is 9.98. The van der Waals surface area contributed by atoms with Gasteiger partial charge in [-0.1, -0.05) is 0 Å². The third-order valence-electron chi connectivity index (χ3n) is 2.08. The van der Waals surface area contributed by atoms with Crippen molar-refractivity contribution >= 4 is 5.97 Å². The summed E-state index contributed by atoms with van der Waals surface area (Å²) >= 11 is 0. The maximum Gasteiger partial charge on any atom is 0.339 e. The maximum absolute atomic E-state index is 9.34. The Morgan fingerprint density at radius 2 is 1.82 bits per heavy atom. The van der Waals surface area contributed by atoms with Gasteiger partial charge in [-0.3, -0.25) is 0 Å². The molecule has 9 heteroatoms. The number of rotatable bonds is 1. The SMILES string of the molecule is CC(=O)OO.N[C@@H]1[C@@H](O)[C@H](O)[C@@H](CO)O[C@H]1O. The van der Waals surface area contributed by atoms with Crippen molar-refractivity contribution < 1.29 is 40.1 Å². The fourth-order valence-electron chi connectivity index (χ4n) is 1.12. The molecule has 9 nitrogen and oxygen atoms in total. The highest BCUT2D eigenvalue weighted by molar-refractivity contribution is 5.64. The minimum absolute atomic E-state index is 0.470. The molecular formula is C8H17NO8. The Morgan fingerprint density at radius 3 is 2.18 bits per heavy atom. The number of hydrogen-bond acceptors (Lipinski definition) is 9. The molecule has 0 spiro atoms. The second kappa shape index (κ2) is 7.50. The zero-order valence-electron chi connectivity index (χ0n) is 9.13. The van der Waals surface area contributed by atoms with Crippen LogP contribution in [0.2, 0.25) is 0 Å². The Labute approximate surface area is 96.9 Å². The van der Waals surface area contributed by atoms with Crippen molar-refractivity contribution in [1.82, 2.24) is 0 Å². The molecule has 0 amide bonds. The third-order valence-corrected chi connectivity index (χ3v) is 2.08. The standard InChI is InChI=1S/C6H13NO5.C2H4O3/c7-3-5(10)4(9)2(1-8)12-6(3)11;1-2(3)5-4/h2-6,8-11H,1,7H2;4H,1H3/t2-,3-,4-,5-,6-;/m1./s1. The van der Waals surface area contributed by atoms with Crippen LogP contribution in [0.3, 0.4) is 0 Å². The molecule has 17 heavy (non-hydrogen) atoms. The number of carbonyl (C=O) groups is 1. The van der Waals surface area contributed by atoms with Gasteiger partial charge in [0.15, 0.2) is 6.29 Å². The predicted octanol–water partition coefficient (Wildman–Crippen LogP) is -3.23. The number of carbonyl (C=O) groups excluding carboxylic acids is 1. The molecule has 0 aliphatic carbocycles. The van der Waals surface area contributed by atoms with Gasteiger partial charge in [0.2, 0.25) is 0 Å². The van der Waals surface area contributed by atoms with Gasteiger partial charge in [-0.05, 0) is 0 Å². The van der Waals surface area contributed by atoms with E-state index >= 15 is 0 Å². The Balaban J connectivity index is 0.000000437. The minimum Gasteiger partial charge on any atom is -0.394 e. The smallest absolute Gasteiger partial charge is 0.339 e. The van der Waals surface area contributed by atoms with Gasteiger partial charge < -0.3 is 35.8 Å². The predicted molar refractivity (Wildman–Crippen MR) is 52.3 cm³/mol. The summed E-state index contributed by atoms with van der Waals surface area (Å²) in [6.07, 6.45) is -4.85. The van der Waals surface area contributed by atoms with Gasteiger partial charge in [-0.15, -0.1) is 0 Å². The Bertz CT molecular complexity index is 233. The lowest BCUT2D eigenvalue weighted by molar-refractivity contribution is -0.248. The third kappa shape index (κ3) is 4.91. The van der Waals surface area contributed by atoms with Gasteiger partial charge in [0.25, 0.3) is 0 Å². The molecule has 1 heterocycles. The summed E-state index contributed by atoms with van der Waals surface area (Å²) in [5.41, 5.74) is 5.26. The highest BCUT2D eigenvalue weighted by Crippen LogP contribution is 2.17. The molecule has 102 valence electrons. The van der Waals surface area contributed by atoms with E-state index in [0.717, 1.165) is 6.92 Å². The molecule has 0 aromatic heterocycles. The van der Waals surface area contributed by atoms with Crippen molar-refractivity contribution in [2.75, 3.05) is 6.61 Å². The average molecular weight is 255 g/mol. The number of aliphatic hydroxyl groups excluding tert-OH is 4. The highest BCUT2D eigenvalue weighted by atomic mass is 17.1. The number of hydrogen-bond donors (Lipinski definition) is 6. The molecule has 1 saturated heterocycles. The van der Waals surface area contributed by atoms with Crippen LogP contribution in [0.25, 0.3) is 0 Å². The second-order valence-corrected chi connectivity index (χ2v) is 3.39. The molecule has 0 saturated carbocycles. The molecule has 1 rings (SSSR count). The zero-order valence-corrected chi connectivity index (χ0v) is 9.13. The van der Waals surface area contributed by atoms with Crippen molar-refractivity contribution in [2.45, 2.75) is 37.6 Å². The first-order chi connectivity index (χ1) is 7.84. The van der Waals surface area contributed by atoms with Crippen LogP contribution in [0.4, 0.5) is 0 Å². The summed E-state index contributed by atoms with van der Waals surface area (Å²) in [7, 11) is 0. The quantitative estimate of drug-likeness (QED) is 0.209. The van der Waals surface area contributed by atoms with E-state index in [-0.39, 0.29) is 0 Å². The van der Waals surface area contributed by atoms with Gasteiger partial charge in [0.1, 0.15) is 18.3 Å². The first-order valence-corrected chi connectivity index (χ1v) is 4.73. The first kappa shape index (κ1) is 16.2. The molecule has 1 aliphatic rings. The van der Waals surface area contributed by atoms with Crippen LogP contribution < -0.4 is 5.73 Å². The van der Waals surface area contributed by atoms with E-state index in [9.17, 15) is 15.0 Å². The van der Waals surface area contributed by atoms with Crippen LogP contribution in [0, 0.1) is 0 Å². The number of nitrogens with two attached hydrogens (primary N) is 1. The van der Waals surface area contributed by atoms with Crippen molar-refractivity contribution in [3.63, 3.8) is 0 Å². The van der Waals surface area contributed by atoms with Gasteiger partial charge in [0, 0.05) is 6.92 Å². The van der Waals surface area contributed by atoms with E-state index in [4.69, 9.17) is 25.9 Å². The van der Waals surface area contributed by atoms with E-state index < -0.39 is 43.2 Å². The van der Waals surface area contributed by atoms with Gasteiger partial charge >= 0.3 is 5.97 Å². The molecule has 5 atom stereocenters. The number of ether oxygens (including phenoxy) is 1. The molecule has 0 radical (unpaired) electrons. The molecule has 1 fully saturated rings. The molecule has 0 bridgehead atoms. The van der Waals surface area contributed by atoms with Crippen molar-refractivity contribution in [3.8, 4) is 0 Å². The van der Waals surface area contributed by atoms with Crippen LogP contribution >= 0.6 is 0 Å². The summed E-state index contributed by atoms with van der Waals surface area (Å²) in [6, 6.07) is -1.04. The van der Waals surface area contributed by atoms with Crippen LogP contribution in [0.5, 0.6) is 0 Å². The summed E-state index contributed by atoms with van der Waals surface area (Å²) in [6.45, 7) is 0.641. The summed E-state index contributed by atoms with van der Waals surface area (Å²) in [5, 5.41) is 43.4. The van der Waals surface area contributed by atoms with Crippen LogP contribution in [0.1, 0.15) is 6.92 Å². The highest BCUT2D eigenvalue weighted by Gasteiger charge is 2.41. The van der Waals surface area contributed by atoms with E-state index in [1.807, 2.05) is 0 Å². The average Bonchev–Trinajstić information content (AvgIpc) is 2.31. The lowest BCUT2D eigenvalue weighted by Gasteiger charge is -2.38. The van der Waals surface area contributed by atoms with Crippen molar-refractivity contribution in [3.05, 3.63) is 0 Å². The summed E-state index contributed by atoms with van der Waals surface area (Å²) < 4.78 is 4.70. The molecule has 0 aromatic carbocycles. The lowest BCUT2D eigenvalue weighted by Crippen LogP contribution is -2.61. The van der Waals surface area contributed by atoms with E-state index in [0.29, 0.717) is 0 Å². The molecule has 7 N–H and O–H groups in total. The molecule has 1 aliphatic heterocycles. The van der Waals surface area contributed by atoms with Crippen molar-refractivity contribution in [2.24, 2.45) is 5.73 Å². The van der Waals surface area contributed by atoms with Crippen LogP contribution in [-0.2, 0) is 14.4 Å². The fourth-order valence-corrected chi connectivity index (χ4v) is 1.12. The second-order valence-electron chi connectivity index (χ2n) is 3.39. The normalized spacial score (nSPS) is 36.8. The maximum atomic E-state index is 9.34. The van der Waals surface area contributed by atoms with E-state index in [1.54, 1.807) is 0 Å². The fraction of sp³-hybridized carbons (Fsp3) is 0.875. The molecular weight excluding hydrogens is 238 g/mol. The zero-order chi connectivity index (χ0) is 13.6. The van der Waals surface area contributed by atoms with E-state index in [2.05, 4.69) is 4.89 Å². The monoisotopic (exact) mass is 255 g/mol. The summed E-state index contributed by atoms with van der Waals surface area (Å²) in [4.78, 5) is 12.5.